The molecule has 0 unspecified atom stereocenters. The summed E-state index contributed by atoms with van der Waals surface area (Å²) >= 11 is 0. The number of ether oxygens (including phenoxy) is 1. The van der Waals surface area contributed by atoms with Gasteiger partial charge in [0.15, 0.2) is 0 Å². The normalized spacial score (nSPS) is 21.2. The molecule has 4 heteroatoms. The van der Waals surface area contributed by atoms with E-state index in [1.165, 1.54) is 12.8 Å². The van der Waals surface area contributed by atoms with Crippen molar-refractivity contribution < 1.29 is 9.53 Å². The van der Waals surface area contributed by atoms with Gasteiger partial charge in [-0.3, -0.25) is 0 Å². The molecular formula is C10H20N2O2. The van der Waals surface area contributed by atoms with Crippen molar-refractivity contribution in [3.05, 3.63) is 0 Å². The SMILES string of the molecule is CC(C)OC(=O)NCC[C@H]1CCCN1. The number of rotatable bonds is 4. The Balaban J connectivity index is 1.99. The van der Waals surface area contributed by atoms with Crippen LogP contribution in [0, 0.1) is 0 Å². The van der Waals surface area contributed by atoms with Crippen molar-refractivity contribution in [1.82, 2.24) is 10.6 Å². The lowest BCUT2D eigenvalue weighted by Crippen LogP contribution is -2.32. The first-order valence-electron chi connectivity index (χ1n) is 5.36. The van der Waals surface area contributed by atoms with Crippen LogP contribution in [0.4, 0.5) is 4.79 Å². The minimum atomic E-state index is -0.307. The zero-order chi connectivity index (χ0) is 10.4. The van der Waals surface area contributed by atoms with Crippen LogP contribution in [0.25, 0.3) is 0 Å². The molecule has 2 N–H and O–H groups in total. The highest BCUT2D eigenvalue weighted by molar-refractivity contribution is 5.67. The lowest BCUT2D eigenvalue weighted by molar-refractivity contribution is 0.115. The summed E-state index contributed by atoms with van der Waals surface area (Å²) in [5.41, 5.74) is 0. The number of carbonyl (C=O) groups is 1. The van der Waals surface area contributed by atoms with Gasteiger partial charge in [-0.25, -0.2) is 4.79 Å². The number of hydrogen-bond donors (Lipinski definition) is 2. The van der Waals surface area contributed by atoms with Gasteiger partial charge in [0.1, 0.15) is 0 Å². The summed E-state index contributed by atoms with van der Waals surface area (Å²) in [5, 5.41) is 6.12. The molecule has 1 saturated heterocycles. The molecule has 1 rings (SSSR count). The lowest BCUT2D eigenvalue weighted by Gasteiger charge is -2.12. The van der Waals surface area contributed by atoms with Crippen LogP contribution in [0.15, 0.2) is 0 Å². The minimum absolute atomic E-state index is 0.0420. The second-order valence-corrected chi connectivity index (χ2v) is 3.96. The first kappa shape index (κ1) is 11.3. The van der Waals surface area contributed by atoms with Crippen LogP contribution in [0.5, 0.6) is 0 Å². The maximum atomic E-state index is 11.1. The van der Waals surface area contributed by atoms with Crippen LogP contribution in [0.1, 0.15) is 33.1 Å². The second kappa shape index (κ2) is 5.86. The van der Waals surface area contributed by atoms with Crippen molar-refractivity contribution in [1.29, 1.82) is 0 Å². The highest BCUT2D eigenvalue weighted by atomic mass is 16.6. The van der Waals surface area contributed by atoms with E-state index in [2.05, 4.69) is 10.6 Å². The Labute approximate surface area is 85.4 Å². The first-order valence-corrected chi connectivity index (χ1v) is 5.36. The zero-order valence-electron chi connectivity index (χ0n) is 9.01. The molecule has 0 saturated carbocycles. The fourth-order valence-electron chi connectivity index (χ4n) is 1.61. The molecule has 0 aromatic carbocycles. The maximum Gasteiger partial charge on any atom is 0.407 e. The third kappa shape index (κ3) is 4.46. The minimum Gasteiger partial charge on any atom is -0.447 e. The quantitative estimate of drug-likeness (QED) is 0.718. The van der Waals surface area contributed by atoms with E-state index < -0.39 is 0 Å². The summed E-state index contributed by atoms with van der Waals surface area (Å²) in [6.45, 7) is 5.50. The van der Waals surface area contributed by atoms with Crippen LogP contribution >= 0.6 is 0 Å². The van der Waals surface area contributed by atoms with Gasteiger partial charge in [-0.2, -0.15) is 0 Å². The van der Waals surface area contributed by atoms with E-state index in [1.54, 1.807) is 0 Å². The summed E-state index contributed by atoms with van der Waals surface area (Å²) in [6, 6.07) is 0.578. The van der Waals surface area contributed by atoms with Crippen molar-refractivity contribution in [2.24, 2.45) is 0 Å². The van der Waals surface area contributed by atoms with Gasteiger partial charge >= 0.3 is 6.09 Å². The molecule has 0 aliphatic carbocycles. The highest BCUT2D eigenvalue weighted by Crippen LogP contribution is 2.07. The van der Waals surface area contributed by atoms with Gasteiger partial charge in [0.2, 0.25) is 0 Å². The number of nitrogens with one attached hydrogen (secondary N) is 2. The van der Waals surface area contributed by atoms with Crippen LogP contribution in [0.2, 0.25) is 0 Å². The highest BCUT2D eigenvalue weighted by Gasteiger charge is 2.13. The molecule has 1 aliphatic rings. The van der Waals surface area contributed by atoms with Gasteiger partial charge in [0.05, 0.1) is 6.10 Å². The molecule has 1 aliphatic heterocycles. The van der Waals surface area contributed by atoms with E-state index in [9.17, 15) is 4.79 Å². The standard InChI is InChI=1S/C10H20N2O2/c1-8(2)14-10(13)12-7-5-9-4-3-6-11-9/h8-9,11H,3-7H2,1-2H3,(H,12,13)/t9-/m1/s1. The van der Waals surface area contributed by atoms with E-state index in [-0.39, 0.29) is 12.2 Å². The van der Waals surface area contributed by atoms with Gasteiger partial charge in [0, 0.05) is 12.6 Å². The summed E-state index contributed by atoms with van der Waals surface area (Å²) in [7, 11) is 0. The monoisotopic (exact) mass is 200 g/mol. The molecule has 1 atom stereocenters. The third-order valence-electron chi connectivity index (χ3n) is 2.27. The Morgan fingerprint density at radius 3 is 3.00 bits per heavy atom. The summed E-state index contributed by atoms with van der Waals surface area (Å²) in [6.07, 6.45) is 3.12. The molecule has 0 spiro atoms. The fourth-order valence-corrected chi connectivity index (χ4v) is 1.61. The Hall–Kier alpha value is -0.770. The van der Waals surface area contributed by atoms with Crippen LogP contribution in [-0.2, 0) is 4.74 Å². The van der Waals surface area contributed by atoms with Crippen molar-refractivity contribution in [2.45, 2.75) is 45.3 Å². The molecular weight excluding hydrogens is 180 g/mol. The number of hydrogen-bond acceptors (Lipinski definition) is 3. The van der Waals surface area contributed by atoms with Crippen molar-refractivity contribution in [3.63, 3.8) is 0 Å². The lowest BCUT2D eigenvalue weighted by atomic mass is 10.2. The van der Waals surface area contributed by atoms with Crippen LogP contribution in [-0.4, -0.2) is 31.3 Å². The topological polar surface area (TPSA) is 50.4 Å². The van der Waals surface area contributed by atoms with Crippen LogP contribution in [0.3, 0.4) is 0 Å². The predicted octanol–water partition coefficient (Wildman–Crippen LogP) is 1.26. The molecule has 82 valence electrons. The molecule has 1 amide bonds. The summed E-state index contributed by atoms with van der Waals surface area (Å²) < 4.78 is 4.94. The molecule has 1 fully saturated rings. The summed E-state index contributed by atoms with van der Waals surface area (Å²) in [5.74, 6) is 0. The molecule has 0 radical (unpaired) electrons. The smallest absolute Gasteiger partial charge is 0.407 e. The van der Waals surface area contributed by atoms with Crippen molar-refractivity contribution in [2.75, 3.05) is 13.1 Å². The van der Waals surface area contributed by atoms with Gasteiger partial charge in [-0.1, -0.05) is 0 Å². The van der Waals surface area contributed by atoms with Crippen molar-refractivity contribution >= 4 is 6.09 Å². The van der Waals surface area contributed by atoms with Crippen molar-refractivity contribution in [3.8, 4) is 0 Å². The Bertz CT molecular complexity index is 177. The average molecular weight is 200 g/mol. The fraction of sp³-hybridized carbons (Fsp3) is 0.900. The maximum absolute atomic E-state index is 11.1. The second-order valence-electron chi connectivity index (χ2n) is 3.96. The number of amides is 1. The van der Waals surface area contributed by atoms with Gasteiger partial charge < -0.3 is 15.4 Å². The largest absolute Gasteiger partial charge is 0.447 e. The molecule has 0 aromatic heterocycles. The van der Waals surface area contributed by atoms with Gasteiger partial charge in [-0.05, 0) is 39.7 Å². The van der Waals surface area contributed by atoms with Gasteiger partial charge in [-0.15, -0.1) is 0 Å². The van der Waals surface area contributed by atoms with Gasteiger partial charge in [0.25, 0.3) is 0 Å². The molecule has 14 heavy (non-hydrogen) atoms. The van der Waals surface area contributed by atoms with E-state index in [0.717, 1.165) is 13.0 Å². The van der Waals surface area contributed by atoms with E-state index in [4.69, 9.17) is 4.74 Å². The molecule has 4 nitrogen and oxygen atoms in total. The summed E-state index contributed by atoms with van der Waals surface area (Å²) in [4.78, 5) is 11.1. The first-order chi connectivity index (χ1) is 6.68. The zero-order valence-corrected chi connectivity index (χ0v) is 9.01. The Morgan fingerprint density at radius 2 is 2.43 bits per heavy atom. The number of alkyl carbamates (subject to hydrolysis) is 1. The van der Waals surface area contributed by atoms with Crippen LogP contribution < -0.4 is 10.6 Å². The molecule has 1 heterocycles. The molecule has 0 aromatic rings. The van der Waals surface area contributed by atoms with E-state index >= 15 is 0 Å². The van der Waals surface area contributed by atoms with E-state index in [0.29, 0.717) is 12.6 Å². The average Bonchev–Trinajstić information content (AvgIpc) is 2.55. The third-order valence-corrected chi connectivity index (χ3v) is 2.27. The molecule has 0 bridgehead atoms. The number of carbonyl (C=O) groups excluding carboxylic acids is 1. The Morgan fingerprint density at radius 1 is 1.64 bits per heavy atom. The van der Waals surface area contributed by atoms with E-state index in [1.807, 2.05) is 13.8 Å². The predicted molar refractivity (Wildman–Crippen MR) is 55.3 cm³/mol. The Kier molecular flexibility index (Phi) is 4.73.